The number of rotatable bonds is 3. The van der Waals surface area contributed by atoms with Gasteiger partial charge in [-0.2, -0.15) is 5.10 Å². The summed E-state index contributed by atoms with van der Waals surface area (Å²) < 4.78 is 1.74. The maximum Gasteiger partial charge on any atom is 0.191 e. The molecule has 0 fully saturated rings. The number of nitrogens with one attached hydrogen (secondary N) is 2. The van der Waals surface area contributed by atoms with E-state index >= 15 is 0 Å². The van der Waals surface area contributed by atoms with Crippen LogP contribution in [0.15, 0.2) is 41.8 Å². The number of aliphatic imine (C=N–C) groups is 1. The van der Waals surface area contributed by atoms with E-state index in [2.05, 4.69) is 46.5 Å². The maximum atomic E-state index is 4.32. The monoisotopic (exact) mass is 286 g/mol. The predicted octanol–water partition coefficient (Wildman–Crippen LogP) is 1.73. The summed E-state index contributed by atoms with van der Waals surface area (Å²) >= 11 is 0. The largest absolute Gasteiger partial charge is 0.352 e. The second kappa shape index (κ2) is 6.39. The first kappa shape index (κ1) is 15.0. The molecular formula is C15H22N6. The Labute approximate surface area is 125 Å². The first-order chi connectivity index (χ1) is 9.98. The predicted molar refractivity (Wildman–Crippen MR) is 84.4 cm³/mol. The first-order valence-electron chi connectivity index (χ1n) is 6.92. The van der Waals surface area contributed by atoms with E-state index in [1.54, 1.807) is 24.1 Å². The SMILES string of the molecule is CN=C(NCc1ccnc(-n2cccn2)c1)NC(C)(C)C. The van der Waals surface area contributed by atoms with Crippen LogP contribution >= 0.6 is 0 Å². The Hall–Kier alpha value is -2.37. The van der Waals surface area contributed by atoms with Crippen LogP contribution < -0.4 is 10.6 Å². The lowest BCUT2D eigenvalue weighted by molar-refractivity contribution is 0.501. The quantitative estimate of drug-likeness (QED) is 0.666. The van der Waals surface area contributed by atoms with E-state index in [9.17, 15) is 0 Å². The maximum absolute atomic E-state index is 4.32. The topological polar surface area (TPSA) is 67.1 Å². The molecule has 0 aliphatic carbocycles. The average molecular weight is 286 g/mol. The van der Waals surface area contributed by atoms with Gasteiger partial charge in [0, 0.05) is 37.7 Å². The number of nitrogens with zero attached hydrogens (tertiary/aromatic N) is 4. The molecule has 0 atom stereocenters. The average Bonchev–Trinajstić information content (AvgIpc) is 2.96. The normalized spacial score (nSPS) is 12.3. The summed E-state index contributed by atoms with van der Waals surface area (Å²) in [6, 6.07) is 5.86. The molecule has 2 aromatic rings. The van der Waals surface area contributed by atoms with Gasteiger partial charge < -0.3 is 10.6 Å². The molecule has 0 saturated carbocycles. The fourth-order valence-corrected chi connectivity index (χ4v) is 1.82. The van der Waals surface area contributed by atoms with Crippen molar-refractivity contribution in [2.45, 2.75) is 32.9 Å². The molecular weight excluding hydrogens is 264 g/mol. The Morgan fingerprint density at radius 3 is 2.76 bits per heavy atom. The molecule has 6 nitrogen and oxygen atoms in total. The fourth-order valence-electron chi connectivity index (χ4n) is 1.82. The Bertz CT molecular complexity index is 595. The summed E-state index contributed by atoms with van der Waals surface area (Å²) in [5.41, 5.74) is 1.09. The van der Waals surface area contributed by atoms with Gasteiger partial charge in [0.15, 0.2) is 11.8 Å². The van der Waals surface area contributed by atoms with Gasteiger partial charge in [0.25, 0.3) is 0 Å². The van der Waals surface area contributed by atoms with Crippen molar-refractivity contribution >= 4 is 5.96 Å². The number of aromatic nitrogens is 3. The van der Waals surface area contributed by atoms with Crippen molar-refractivity contribution < 1.29 is 0 Å². The molecule has 6 heteroatoms. The lowest BCUT2D eigenvalue weighted by Crippen LogP contribution is -2.47. The third-order valence-corrected chi connectivity index (χ3v) is 2.73. The molecule has 0 amide bonds. The van der Waals surface area contributed by atoms with Crippen LogP contribution in [0.3, 0.4) is 0 Å². The molecule has 0 aliphatic rings. The molecule has 0 unspecified atom stereocenters. The zero-order valence-electron chi connectivity index (χ0n) is 13.0. The molecule has 0 aromatic carbocycles. The summed E-state index contributed by atoms with van der Waals surface area (Å²) in [6.45, 7) is 6.97. The number of pyridine rings is 1. The summed E-state index contributed by atoms with van der Waals surface area (Å²) in [5, 5.41) is 10.8. The molecule has 0 spiro atoms. The highest BCUT2D eigenvalue weighted by atomic mass is 15.3. The van der Waals surface area contributed by atoms with E-state index in [1.165, 1.54) is 0 Å². The number of hydrogen-bond donors (Lipinski definition) is 2. The van der Waals surface area contributed by atoms with Gasteiger partial charge in [-0.3, -0.25) is 4.99 Å². The van der Waals surface area contributed by atoms with Crippen molar-refractivity contribution in [2.24, 2.45) is 4.99 Å². The summed E-state index contributed by atoms with van der Waals surface area (Å²) in [4.78, 5) is 8.54. The Morgan fingerprint density at radius 2 is 2.14 bits per heavy atom. The van der Waals surface area contributed by atoms with Crippen LogP contribution in [0.4, 0.5) is 0 Å². The van der Waals surface area contributed by atoms with E-state index in [-0.39, 0.29) is 5.54 Å². The van der Waals surface area contributed by atoms with Gasteiger partial charge in [0.05, 0.1) is 0 Å². The van der Waals surface area contributed by atoms with Gasteiger partial charge in [-0.05, 0) is 44.5 Å². The third kappa shape index (κ3) is 4.59. The van der Waals surface area contributed by atoms with Crippen molar-refractivity contribution in [3.8, 4) is 5.82 Å². The van der Waals surface area contributed by atoms with E-state index in [4.69, 9.17) is 0 Å². The number of hydrogen-bond acceptors (Lipinski definition) is 3. The molecule has 2 heterocycles. The number of guanidine groups is 1. The van der Waals surface area contributed by atoms with Crippen LogP contribution in [-0.2, 0) is 6.54 Å². The van der Waals surface area contributed by atoms with Crippen LogP contribution in [0.2, 0.25) is 0 Å². The molecule has 0 radical (unpaired) electrons. The van der Waals surface area contributed by atoms with Gasteiger partial charge in [0.2, 0.25) is 0 Å². The van der Waals surface area contributed by atoms with E-state index in [0.29, 0.717) is 6.54 Å². The van der Waals surface area contributed by atoms with Gasteiger partial charge in [-0.1, -0.05) is 0 Å². The zero-order valence-corrected chi connectivity index (χ0v) is 13.0. The molecule has 0 saturated heterocycles. The minimum Gasteiger partial charge on any atom is -0.352 e. The summed E-state index contributed by atoms with van der Waals surface area (Å²) in [7, 11) is 1.77. The summed E-state index contributed by atoms with van der Waals surface area (Å²) in [5.74, 6) is 1.58. The van der Waals surface area contributed by atoms with Gasteiger partial charge in [-0.15, -0.1) is 0 Å². The van der Waals surface area contributed by atoms with Crippen LogP contribution in [0.5, 0.6) is 0 Å². The standard InChI is InChI=1S/C15H22N6/c1-15(2,3)20-14(16-4)18-11-12-6-8-17-13(10-12)21-9-5-7-19-21/h5-10H,11H2,1-4H3,(H2,16,18,20). The molecule has 2 N–H and O–H groups in total. The smallest absolute Gasteiger partial charge is 0.191 e. The lowest BCUT2D eigenvalue weighted by atomic mass is 10.1. The Kier molecular flexibility index (Phi) is 4.57. The lowest BCUT2D eigenvalue weighted by Gasteiger charge is -2.23. The van der Waals surface area contributed by atoms with Gasteiger partial charge in [0.1, 0.15) is 0 Å². The van der Waals surface area contributed by atoms with Crippen molar-refractivity contribution in [3.63, 3.8) is 0 Å². The Morgan fingerprint density at radius 1 is 1.33 bits per heavy atom. The molecule has 21 heavy (non-hydrogen) atoms. The van der Waals surface area contributed by atoms with Crippen molar-refractivity contribution in [3.05, 3.63) is 42.4 Å². The van der Waals surface area contributed by atoms with Crippen molar-refractivity contribution in [1.29, 1.82) is 0 Å². The van der Waals surface area contributed by atoms with Crippen LogP contribution in [-0.4, -0.2) is 33.3 Å². The van der Waals surface area contributed by atoms with E-state index < -0.39 is 0 Å². The highest BCUT2D eigenvalue weighted by Gasteiger charge is 2.11. The van der Waals surface area contributed by atoms with Crippen LogP contribution in [0, 0.1) is 0 Å². The van der Waals surface area contributed by atoms with Gasteiger partial charge in [-0.25, -0.2) is 9.67 Å². The van der Waals surface area contributed by atoms with Crippen molar-refractivity contribution in [1.82, 2.24) is 25.4 Å². The minimum absolute atomic E-state index is 0.0275. The molecule has 0 bridgehead atoms. The third-order valence-electron chi connectivity index (χ3n) is 2.73. The van der Waals surface area contributed by atoms with Gasteiger partial charge >= 0.3 is 0 Å². The minimum atomic E-state index is -0.0275. The highest BCUT2D eigenvalue weighted by molar-refractivity contribution is 5.80. The van der Waals surface area contributed by atoms with Crippen LogP contribution in [0.1, 0.15) is 26.3 Å². The Balaban J connectivity index is 2.02. The van der Waals surface area contributed by atoms with Crippen LogP contribution in [0.25, 0.3) is 5.82 Å². The molecule has 2 aromatic heterocycles. The second-order valence-corrected chi connectivity index (χ2v) is 5.77. The second-order valence-electron chi connectivity index (χ2n) is 5.77. The molecule has 112 valence electrons. The van der Waals surface area contributed by atoms with Crippen molar-refractivity contribution in [2.75, 3.05) is 7.05 Å². The molecule has 2 rings (SSSR count). The first-order valence-corrected chi connectivity index (χ1v) is 6.92. The van der Waals surface area contributed by atoms with E-state index in [1.807, 2.05) is 24.4 Å². The van der Waals surface area contributed by atoms with E-state index in [0.717, 1.165) is 17.3 Å². The highest BCUT2D eigenvalue weighted by Crippen LogP contribution is 2.06. The summed E-state index contributed by atoms with van der Waals surface area (Å²) in [6.07, 6.45) is 5.40. The molecule has 0 aliphatic heterocycles. The fraction of sp³-hybridized carbons (Fsp3) is 0.400. The zero-order chi connectivity index (χ0) is 15.3.